The smallest absolute Gasteiger partial charge is 0.102 e. The van der Waals surface area contributed by atoms with Gasteiger partial charge in [-0.2, -0.15) is 0 Å². The molecular formula is C10H26NOSi+. The fourth-order valence-electron chi connectivity index (χ4n) is 2.27. The summed E-state index contributed by atoms with van der Waals surface area (Å²) in [6.07, 6.45) is 1.31. The molecule has 0 fully saturated rings. The first-order chi connectivity index (χ1) is 5.95. The van der Waals surface area contributed by atoms with Crippen LogP contribution in [0.5, 0.6) is 0 Å². The van der Waals surface area contributed by atoms with Crippen molar-refractivity contribution >= 4 is 8.80 Å². The molecule has 13 heavy (non-hydrogen) atoms. The predicted molar refractivity (Wildman–Crippen MR) is 61.8 cm³/mol. The maximum absolute atomic E-state index is 5.15. The number of rotatable bonds is 6. The topological polar surface area (TPSA) is 9.23 Å². The fraction of sp³-hybridized carbons (Fsp3) is 1.00. The van der Waals surface area contributed by atoms with Gasteiger partial charge in [0.05, 0.1) is 26.4 Å². The van der Waals surface area contributed by atoms with Crippen LogP contribution >= 0.6 is 0 Å². The molecule has 0 saturated heterocycles. The van der Waals surface area contributed by atoms with Gasteiger partial charge in [0.15, 0.2) is 0 Å². The van der Waals surface area contributed by atoms with E-state index in [1.807, 2.05) is 0 Å². The first kappa shape index (κ1) is 13.1. The van der Waals surface area contributed by atoms with Crippen molar-refractivity contribution in [3.63, 3.8) is 0 Å². The second kappa shape index (κ2) is 5.78. The summed E-state index contributed by atoms with van der Waals surface area (Å²) in [6.45, 7) is 9.22. The zero-order chi connectivity index (χ0) is 10.5. The number of nitrogens with zero attached hydrogens (tertiary/aromatic N) is 1. The van der Waals surface area contributed by atoms with Crippen LogP contribution in [0.4, 0.5) is 0 Å². The first-order valence-electron chi connectivity index (χ1n) is 5.27. The Hall–Kier alpha value is 0.137. The number of quaternary nitrogens is 1. The van der Waals surface area contributed by atoms with Crippen molar-refractivity contribution in [1.82, 2.24) is 0 Å². The SMILES string of the molecule is CCC([SiH](C)C)[N+](C)(C)CCOC. The van der Waals surface area contributed by atoms with Gasteiger partial charge in [0.2, 0.25) is 0 Å². The van der Waals surface area contributed by atoms with Crippen molar-refractivity contribution in [2.24, 2.45) is 0 Å². The molecule has 0 heterocycles. The van der Waals surface area contributed by atoms with Crippen LogP contribution < -0.4 is 0 Å². The van der Waals surface area contributed by atoms with Gasteiger partial charge in [0.25, 0.3) is 0 Å². The van der Waals surface area contributed by atoms with Crippen molar-refractivity contribution in [1.29, 1.82) is 0 Å². The van der Waals surface area contributed by atoms with Crippen LogP contribution in [0.25, 0.3) is 0 Å². The van der Waals surface area contributed by atoms with Gasteiger partial charge in [0.1, 0.15) is 15.3 Å². The second-order valence-corrected chi connectivity index (χ2v) is 7.97. The summed E-state index contributed by atoms with van der Waals surface area (Å²) in [5, 5.41) is 0. The minimum absolute atomic E-state index is 0.536. The van der Waals surface area contributed by atoms with Crippen molar-refractivity contribution in [3.05, 3.63) is 0 Å². The number of likely N-dealkylation sites (N-methyl/N-ethyl adjacent to an activating group) is 1. The normalized spacial score (nSPS) is 15.0. The van der Waals surface area contributed by atoms with Crippen LogP contribution in [-0.4, -0.2) is 53.3 Å². The molecule has 0 amide bonds. The standard InChI is InChI=1S/C10H26NOSi/c1-7-10(13(5)6)11(2,3)8-9-12-4/h10,13H,7-9H2,1-6H3/q+1. The van der Waals surface area contributed by atoms with Crippen LogP contribution in [0.2, 0.25) is 13.1 Å². The average Bonchev–Trinajstić information content (AvgIpc) is 2.01. The van der Waals surface area contributed by atoms with Crippen LogP contribution in [0, 0.1) is 0 Å². The van der Waals surface area contributed by atoms with Crippen LogP contribution in [-0.2, 0) is 4.74 Å². The number of methoxy groups -OCH3 is 1. The molecule has 0 N–H and O–H groups in total. The van der Waals surface area contributed by atoms with Crippen molar-refractivity contribution < 1.29 is 9.22 Å². The van der Waals surface area contributed by atoms with E-state index in [2.05, 4.69) is 34.1 Å². The van der Waals surface area contributed by atoms with Gasteiger partial charge >= 0.3 is 0 Å². The number of hydrogen-bond acceptors (Lipinski definition) is 1. The molecule has 0 aromatic heterocycles. The van der Waals surface area contributed by atoms with E-state index in [0.29, 0.717) is 0 Å². The van der Waals surface area contributed by atoms with E-state index in [1.54, 1.807) is 7.11 Å². The van der Waals surface area contributed by atoms with Crippen LogP contribution in [0.15, 0.2) is 0 Å². The molecule has 0 saturated carbocycles. The minimum atomic E-state index is -0.536. The lowest BCUT2D eigenvalue weighted by Gasteiger charge is -2.39. The maximum Gasteiger partial charge on any atom is 0.102 e. The average molecular weight is 204 g/mol. The van der Waals surface area contributed by atoms with E-state index in [-0.39, 0.29) is 0 Å². The lowest BCUT2D eigenvalue weighted by Crippen LogP contribution is -2.55. The van der Waals surface area contributed by atoms with E-state index in [0.717, 1.165) is 23.3 Å². The van der Waals surface area contributed by atoms with Gasteiger partial charge in [-0.05, 0) is 6.42 Å². The monoisotopic (exact) mass is 204 g/mol. The van der Waals surface area contributed by atoms with Gasteiger partial charge in [-0.3, -0.25) is 0 Å². The van der Waals surface area contributed by atoms with E-state index in [9.17, 15) is 0 Å². The number of ether oxygens (including phenoxy) is 1. The molecule has 0 aliphatic carbocycles. The lowest BCUT2D eigenvalue weighted by molar-refractivity contribution is -0.903. The highest BCUT2D eigenvalue weighted by molar-refractivity contribution is 6.57. The Morgan fingerprint density at radius 3 is 2.15 bits per heavy atom. The number of hydrogen-bond donors (Lipinski definition) is 0. The lowest BCUT2D eigenvalue weighted by atomic mass is 10.3. The van der Waals surface area contributed by atoms with Crippen LogP contribution in [0.1, 0.15) is 13.3 Å². The van der Waals surface area contributed by atoms with E-state index < -0.39 is 8.80 Å². The highest BCUT2D eigenvalue weighted by Crippen LogP contribution is 2.13. The quantitative estimate of drug-likeness (QED) is 0.471. The Bertz CT molecular complexity index is 137. The molecule has 0 aromatic carbocycles. The van der Waals surface area contributed by atoms with Crippen molar-refractivity contribution in [2.45, 2.75) is 32.1 Å². The molecule has 0 spiro atoms. The van der Waals surface area contributed by atoms with Gasteiger partial charge < -0.3 is 9.22 Å². The second-order valence-electron chi connectivity index (χ2n) is 4.71. The summed E-state index contributed by atoms with van der Waals surface area (Å²) in [5.41, 5.74) is 0.884. The zero-order valence-electron chi connectivity index (χ0n) is 10.1. The molecule has 0 radical (unpaired) electrons. The minimum Gasteiger partial charge on any atom is -0.379 e. The molecule has 0 bridgehead atoms. The van der Waals surface area contributed by atoms with Crippen molar-refractivity contribution in [2.75, 3.05) is 34.4 Å². The largest absolute Gasteiger partial charge is 0.379 e. The summed E-state index contributed by atoms with van der Waals surface area (Å²) < 4.78 is 6.29. The highest BCUT2D eigenvalue weighted by atomic mass is 28.3. The summed E-state index contributed by atoms with van der Waals surface area (Å²) in [4.78, 5) is 0. The molecule has 0 rings (SSSR count). The molecule has 2 nitrogen and oxygen atoms in total. The third kappa shape index (κ3) is 4.25. The Morgan fingerprint density at radius 1 is 1.31 bits per heavy atom. The van der Waals surface area contributed by atoms with Crippen LogP contribution in [0.3, 0.4) is 0 Å². The third-order valence-corrected chi connectivity index (χ3v) is 5.77. The van der Waals surface area contributed by atoms with Gasteiger partial charge in [0, 0.05) is 7.11 Å². The molecule has 1 unspecified atom stereocenters. The van der Waals surface area contributed by atoms with Crippen molar-refractivity contribution in [3.8, 4) is 0 Å². The highest BCUT2D eigenvalue weighted by Gasteiger charge is 2.29. The fourth-order valence-corrected chi connectivity index (χ4v) is 4.97. The molecule has 0 aliphatic heterocycles. The summed E-state index contributed by atoms with van der Waals surface area (Å²) >= 11 is 0. The Labute approximate surface area is 85.1 Å². The van der Waals surface area contributed by atoms with Gasteiger partial charge in [-0.1, -0.05) is 20.0 Å². The molecular weight excluding hydrogens is 178 g/mol. The van der Waals surface area contributed by atoms with E-state index in [4.69, 9.17) is 4.74 Å². The maximum atomic E-state index is 5.15. The first-order valence-corrected chi connectivity index (χ1v) is 8.25. The predicted octanol–water partition coefficient (Wildman–Crippen LogP) is 1.51. The zero-order valence-corrected chi connectivity index (χ0v) is 11.3. The summed E-state index contributed by atoms with van der Waals surface area (Å²) in [5.74, 6) is 0. The van der Waals surface area contributed by atoms with E-state index >= 15 is 0 Å². The molecule has 0 aromatic rings. The molecule has 3 heteroatoms. The Balaban J connectivity index is 4.20. The summed E-state index contributed by atoms with van der Waals surface area (Å²) in [7, 11) is 5.92. The van der Waals surface area contributed by atoms with E-state index in [1.165, 1.54) is 6.42 Å². The molecule has 0 aliphatic rings. The molecule has 1 atom stereocenters. The molecule has 80 valence electrons. The Morgan fingerprint density at radius 2 is 1.85 bits per heavy atom. The third-order valence-electron chi connectivity index (χ3n) is 2.96. The summed E-state index contributed by atoms with van der Waals surface area (Å²) in [6, 6.07) is 0. The Kier molecular flexibility index (Phi) is 5.84. The van der Waals surface area contributed by atoms with Gasteiger partial charge in [-0.25, -0.2) is 0 Å². The van der Waals surface area contributed by atoms with Gasteiger partial charge in [-0.15, -0.1) is 0 Å².